The number of carbonyl (C=O) groups is 1. The Labute approximate surface area is 112 Å². The summed E-state index contributed by atoms with van der Waals surface area (Å²) in [5.74, 6) is 0.0411. The Bertz CT molecular complexity index is 273. The van der Waals surface area contributed by atoms with Gasteiger partial charge in [0.05, 0.1) is 11.0 Å². The topological polar surface area (TPSA) is 57.5 Å². The van der Waals surface area contributed by atoms with Crippen molar-refractivity contribution in [1.82, 2.24) is 0 Å². The highest BCUT2D eigenvalue weighted by atomic mass is 16.4. The minimum atomic E-state index is -1.17. The third-order valence-electron chi connectivity index (χ3n) is 4.62. The number of carboxylic acid groups (broad SMARTS) is 1. The molecule has 0 aromatic carbocycles. The molecule has 0 aliphatic rings. The number of hydrogen-bond donors (Lipinski definition) is 2. The Morgan fingerprint density at radius 1 is 1.17 bits per heavy atom. The standard InChI is InChI=1S/C15H30O3/c1-7-11(3)9-12(4)10-15(6,18)14(5,8-2)13(16)17/h11-12,18H,7-10H2,1-6H3,(H,16,17). The first kappa shape index (κ1) is 17.4. The maximum Gasteiger partial charge on any atom is 0.312 e. The molecule has 0 rings (SSSR count). The van der Waals surface area contributed by atoms with E-state index in [0.717, 1.165) is 12.8 Å². The van der Waals surface area contributed by atoms with Gasteiger partial charge in [0.1, 0.15) is 0 Å². The van der Waals surface area contributed by atoms with E-state index in [1.165, 1.54) is 0 Å². The van der Waals surface area contributed by atoms with Crippen molar-refractivity contribution < 1.29 is 15.0 Å². The first-order valence-electron chi connectivity index (χ1n) is 7.06. The molecule has 0 bridgehead atoms. The van der Waals surface area contributed by atoms with Gasteiger partial charge in [0.15, 0.2) is 0 Å². The van der Waals surface area contributed by atoms with E-state index in [9.17, 15) is 15.0 Å². The summed E-state index contributed by atoms with van der Waals surface area (Å²) in [5.41, 5.74) is -2.24. The second-order valence-corrected chi connectivity index (χ2v) is 6.32. The molecule has 0 aliphatic carbocycles. The monoisotopic (exact) mass is 258 g/mol. The molecule has 3 heteroatoms. The largest absolute Gasteiger partial charge is 0.481 e. The first-order chi connectivity index (χ1) is 8.10. The minimum absolute atomic E-state index is 0.333. The van der Waals surface area contributed by atoms with Crippen molar-refractivity contribution in [2.24, 2.45) is 17.3 Å². The summed E-state index contributed by atoms with van der Waals surface area (Å²) in [6.07, 6.45) is 3.13. The number of aliphatic hydroxyl groups is 1. The van der Waals surface area contributed by atoms with Crippen LogP contribution in [0.3, 0.4) is 0 Å². The van der Waals surface area contributed by atoms with Crippen molar-refractivity contribution in [3.63, 3.8) is 0 Å². The number of carboxylic acids is 1. The summed E-state index contributed by atoms with van der Waals surface area (Å²) in [6, 6.07) is 0. The van der Waals surface area contributed by atoms with Crippen LogP contribution in [0, 0.1) is 17.3 Å². The lowest BCUT2D eigenvalue weighted by Crippen LogP contribution is -2.50. The summed E-state index contributed by atoms with van der Waals surface area (Å²) in [5, 5.41) is 19.9. The van der Waals surface area contributed by atoms with Crippen LogP contribution in [0.1, 0.15) is 67.2 Å². The van der Waals surface area contributed by atoms with Gasteiger partial charge in [-0.15, -0.1) is 0 Å². The Morgan fingerprint density at radius 3 is 2.00 bits per heavy atom. The second kappa shape index (κ2) is 6.55. The van der Waals surface area contributed by atoms with E-state index in [2.05, 4.69) is 20.8 Å². The zero-order valence-corrected chi connectivity index (χ0v) is 12.8. The third kappa shape index (κ3) is 3.98. The second-order valence-electron chi connectivity index (χ2n) is 6.32. The molecule has 18 heavy (non-hydrogen) atoms. The minimum Gasteiger partial charge on any atom is -0.481 e. The van der Waals surface area contributed by atoms with Crippen LogP contribution in [-0.2, 0) is 4.79 Å². The summed E-state index contributed by atoms with van der Waals surface area (Å²) >= 11 is 0. The highest BCUT2D eigenvalue weighted by molar-refractivity contribution is 5.75. The van der Waals surface area contributed by atoms with Gasteiger partial charge in [-0.3, -0.25) is 4.79 Å². The summed E-state index contributed by atoms with van der Waals surface area (Å²) in [4.78, 5) is 11.4. The molecule has 0 aromatic rings. The molecule has 4 atom stereocenters. The van der Waals surface area contributed by atoms with Crippen molar-refractivity contribution in [3.8, 4) is 0 Å². The molecule has 108 valence electrons. The van der Waals surface area contributed by atoms with Gasteiger partial charge in [0, 0.05) is 0 Å². The fraction of sp³-hybridized carbons (Fsp3) is 0.933. The maximum atomic E-state index is 11.4. The first-order valence-corrected chi connectivity index (χ1v) is 7.06. The van der Waals surface area contributed by atoms with Gasteiger partial charge in [-0.05, 0) is 44.9 Å². The van der Waals surface area contributed by atoms with Crippen molar-refractivity contribution in [3.05, 3.63) is 0 Å². The van der Waals surface area contributed by atoms with Crippen LogP contribution < -0.4 is 0 Å². The molecule has 2 N–H and O–H groups in total. The van der Waals surface area contributed by atoms with Crippen LogP contribution in [-0.4, -0.2) is 21.8 Å². The molecule has 3 nitrogen and oxygen atoms in total. The highest BCUT2D eigenvalue weighted by Gasteiger charge is 2.48. The van der Waals surface area contributed by atoms with Crippen molar-refractivity contribution in [1.29, 1.82) is 0 Å². The molecule has 0 saturated carbocycles. The molecule has 0 amide bonds. The van der Waals surface area contributed by atoms with Crippen LogP contribution in [0.15, 0.2) is 0 Å². The average Bonchev–Trinajstić information content (AvgIpc) is 2.25. The Balaban J connectivity index is 4.77. The van der Waals surface area contributed by atoms with Crippen LogP contribution in [0.2, 0.25) is 0 Å². The lowest BCUT2D eigenvalue weighted by molar-refractivity contribution is -0.167. The van der Waals surface area contributed by atoms with Gasteiger partial charge >= 0.3 is 5.97 Å². The fourth-order valence-corrected chi connectivity index (χ4v) is 2.60. The molecule has 0 aliphatic heterocycles. The van der Waals surface area contributed by atoms with Crippen LogP contribution in [0.5, 0.6) is 0 Å². The predicted octanol–water partition coefficient (Wildman–Crippen LogP) is 3.70. The number of rotatable bonds is 8. The maximum absolute atomic E-state index is 11.4. The Morgan fingerprint density at radius 2 is 1.67 bits per heavy atom. The zero-order chi connectivity index (χ0) is 14.6. The molecule has 4 unspecified atom stereocenters. The van der Waals surface area contributed by atoms with E-state index in [4.69, 9.17) is 0 Å². The summed E-state index contributed by atoms with van der Waals surface area (Å²) in [7, 11) is 0. The van der Waals surface area contributed by atoms with E-state index in [0.29, 0.717) is 24.7 Å². The van der Waals surface area contributed by atoms with E-state index >= 15 is 0 Å². The Kier molecular flexibility index (Phi) is 6.35. The molecule has 0 spiro atoms. The van der Waals surface area contributed by atoms with Gasteiger partial charge in [-0.25, -0.2) is 0 Å². The molecule has 0 aromatic heterocycles. The SMILES string of the molecule is CCC(C)CC(C)CC(C)(O)C(C)(CC)C(=O)O. The fourth-order valence-electron chi connectivity index (χ4n) is 2.60. The van der Waals surface area contributed by atoms with Gasteiger partial charge in [-0.1, -0.05) is 34.1 Å². The molecule has 0 fully saturated rings. The third-order valence-corrected chi connectivity index (χ3v) is 4.62. The van der Waals surface area contributed by atoms with Gasteiger partial charge in [0.2, 0.25) is 0 Å². The van der Waals surface area contributed by atoms with E-state index in [1.807, 2.05) is 6.92 Å². The predicted molar refractivity (Wildman–Crippen MR) is 74.5 cm³/mol. The molecular formula is C15H30O3. The van der Waals surface area contributed by atoms with E-state index in [-0.39, 0.29) is 0 Å². The van der Waals surface area contributed by atoms with Crippen LogP contribution >= 0.6 is 0 Å². The molecule has 0 heterocycles. The van der Waals surface area contributed by atoms with Crippen molar-refractivity contribution >= 4 is 5.97 Å². The summed E-state index contributed by atoms with van der Waals surface area (Å²) < 4.78 is 0. The molecule has 0 saturated heterocycles. The lowest BCUT2D eigenvalue weighted by Gasteiger charge is -2.40. The van der Waals surface area contributed by atoms with Gasteiger partial charge < -0.3 is 10.2 Å². The quantitative estimate of drug-likeness (QED) is 0.698. The Hall–Kier alpha value is -0.570. The smallest absolute Gasteiger partial charge is 0.312 e. The number of hydrogen-bond acceptors (Lipinski definition) is 2. The van der Waals surface area contributed by atoms with E-state index < -0.39 is 17.0 Å². The van der Waals surface area contributed by atoms with Gasteiger partial charge in [0.25, 0.3) is 0 Å². The van der Waals surface area contributed by atoms with Crippen molar-refractivity contribution in [2.75, 3.05) is 0 Å². The zero-order valence-electron chi connectivity index (χ0n) is 12.8. The van der Waals surface area contributed by atoms with Crippen LogP contribution in [0.25, 0.3) is 0 Å². The van der Waals surface area contributed by atoms with Crippen LogP contribution in [0.4, 0.5) is 0 Å². The summed E-state index contributed by atoms with van der Waals surface area (Å²) in [6.45, 7) is 11.6. The number of aliphatic carboxylic acids is 1. The normalized spacial score (nSPS) is 21.7. The molecular weight excluding hydrogens is 228 g/mol. The van der Waals surface area contributed by atoms with Gasteiger partial charge in [-0.2, -0.15) is 0 Å². The lowest BCUT2D eigenvalue weighted by atomic mass is 9.68. The average molecular weight is 258 g/mol. The highest BCUT2D eigenvalue weighted by Crippen LogP contribution is 2.40. The van der Waals surface area contributed by atoms with Crippen molar-refractivity contribution in [2.45, 2.75) is 72.8 Å². The van der Waals surface area contributed by atoms with E-state index in [1.54, 1.807) is 13.8 Å². The molecule has 0 radical (unpaired) electrons.